The average Bonchev–Trinajstić information content (AvgIpc) is 2.22. The molecule has 0 unspecified atom stereocenters. The topological polar surface area (TPSA) is 41.1 Å². The predicted octanol–water partition coefficient (Wildman–Crippen LogP) is 1.05. The van der Waals surface area contributed by atoms with Crippen LogP contribution in [0.25, 0.3) is 0 Å². The molecule has 86 valence electrons. The SMILES string of the molecule is CC1(C(=O)NCc2cccc(F)c2)CNC1. The molecule has 1 aromatic carbocycles. The van der Waals surface area contributed by atoms with E-state index >= 15 is 0 Å². The highest BCUT2D eigenvalue weighted by atomic mass is 19.1. The maximum absolute atomic E-state index is 12.9. The summed E-state index contributed by atoms with van der Waals surface area (Å²) in [4.78, 5) is 11.8. The lowest BCUT2D eigenvalue weighted by molar-refractivity contribution is -0.132. The largest absolute Gasteiger partial charge is 0.351 e. The molecule has 0 saturated carbocycles. The van der Waals surface area contributed by atoms with Gasteiger partial charge in [-0.15, -0.1) is 0 Å². The highest BCUT2D eigenvalue weighted by Gasteiger charge is 2.38. The van der Waals surface area contributed by atoms with Gasteiger partial charge in [0, 0.05) is 19.6 Å². The van der Waals surface area contributed by atoms with E-state index in [0.717, 1.165) is 5.56 Å². The summed E-state index contributed by atoms with van der Waals surface area (Å²) in [6, 6.07) is 6.26. The number of rotatable bonds is 3. The Kier molecular flexibility index (Phi) is 2.92. The number of halogens is 1. The van der Waals surface area contributed by atoms with Gasteiger partial charge in [-0.25, -0.2) is 4.39 Å². The fourth-order valence-electron chi connectivity index (χ4n) is 1.70. The lowest BCUT2D eigenvalue weighted by atomic mass is 9.83. The molecular formula is C12H15FN2O. The molecule has 0 bridgehead atoms. The second kappa shape index (κ2) is 4.22. The molecule has 0 aliphatic carbocycles. The molecule has 1 aromatic rings. The van der Waals surface area contributed by atoms with E-state index in [2.05, 4.69) is 10.6 Å². The minimum absolute atomic E-state index is 0.0236. The van der Waals surface area contributed by atoms with Gasteiger partial charge in [0.25, 0.3) is 0 Å². The first-order valence-electron chi connectivity index (χ1n) is 5.34. The fourth-order valence-corrected chi connectivity index (χ4v) is 1.70. The molecule has 0 atom stereocenters. The number of amides is 1. The standard InChI is InChI=1S/C12H15FN2O/c1-12(7-14-8-12)11(16)15-6-9-3-2-4-10(13)5-9/h2-5,14H,6-8H2,1H3,(H,15,16). The monoisotopic (exact) mass is 222 g/mol. The van der Waals surface area contributed by atoms with Gasteiger partial charge in [0.1, 0.15) is 5.82 Å². The number of benzene rings is 1. The zero-order chi connectivity index (χ0) is 11.6. The molecule has 1 heterocycles. The highest BCUT2D eigenvalue weighted by molar-refractivity contribution is 5.83. The Labute approximate surface area is 94.0 Å². The van der Waals surface area contributed by atoms with Crippen LogP contribution >= 0.6 is 0 Å². The van der Waals surface area contributed by atoms with E-state index in [1.54, 1.807) is 12.1 Å². The van der Waals surface area contributed by atoms with Crippen LogP contribution in [0.4, 0.5) is 4.39 Å². The zero-order valence-electron chi connectivity index (χ0n) is 9.22. The predicted molar refractivity (Wildman–Crippen MR) is 59.2 cm³/mol. The Morgan fingerprint density at radius 2 is 2.31 bits per heavy atom. The molecule has 0 spiro atoms. The lowest BCUT2D eigenvalue weighted by Crippen LogP contribution is -2.59. The number of hydrogen-bond acceptors (Lipinski definition) is 2. The smallest absolute Gasteiger partial charge is 0.228 e. The number of carbonyl (C=O) groups excluding carboxylic acids is 1. The normalized spacial score (nSPS) is 17.6. The van der Waals surface area contributed by atoms with Crippen LogP contribution < -0.4 is 10.6 Å². The minimum Gasteiger partial charge on any atom is -0.351 e. The van der Waals surface area contributed by atoms with Crippen LogP contribution in [0, 0.1) is 11.2 Å². The molecule has 1 aliphatic heterocycles. The third kappa shape index (κ3) is 2.22. The van der Waals surface area contributed by atoms with Crippen molar-refractivity contribution in [1.82, 2.24) is 10.6 Å². The molecule has 3 nitrogen and oxygen atoms in total. The molecule has 0 aromatic heterocycles. The summed E-state index contributed by atoms with van der Waals surface area (Å²) in [7, 11) is 0. The van der Waals surface area contributed by atoms with Gasteiger partial charge in [0.05, 0.1) is 5.41 Å². The molecule has 1 aliphatic rings. The van der Waals surface area contributed by atoms with Crippen molar-refractivity contribution in [2.45, 2.75) is 13.5 Å². The summed E-state index contributed by atoms with van der Waals surface area (Å²) in [6.07, 6.45) is 0. The summed E-state index contributed by atoms with van der Waals surface area (Å²) in [6.45, 7) is 3.72. The first-order chi connectivity index (χ1) is 7.60. The number of carbonyl (C=O) groups is 1. The zero-order valence-corrected chi connectivity index (χ0v) is 9.22. The lowest BCUT2D eigenvalue weighted by Gasteiger charge is -2.37. The maximum atomic E-state index is 12.9. The Morgan fingerprint density at radius 1 is 1.56 bits per heavy atom. The van der Waals surface area contributed by atoms with E-state index in [1.165, 1.54) is 12.1 Å². The Balaban J connectivity index is 1.90. The van der Waals surface area contributed by atoms with Gasteiger partial charge in [-0.05, 0) is 24.6 Å². The van der Waals surface area contributed by atoms with Crippen molar-refractivity contribution in [2.75, 3.05) is 13.1 Å². The molecule has 1 saturated heterocycles. The maximum Gasteiger partial charge on any atom is 0.228 e. The quantitative estimate of drug-likeness (QED) is 0.802. The number of hydrogen-bond donors (Lipinski definition) is 2. The van der Waals surface area contributed by atoms with Crippen molar-refractivity contribution in [2.24, 2.45) is 5.41 Å². The van der Waals surface area contributed by atoms with Crippen LogP contribution in [0.1, 0.15) is 12.5 Å². The van der Waals surface area contributed by atoms with Crippen LogP contribution in [0.5, 0.6) is 0 Å². The molecule has 2 N–H and O–H groups in total. The van der Waals surface area contributed by atoms with Crippen molar-refractivity contribution in [3.8, 4) is 0 Å². The highest BCUT2D eigenvalue weighted by Crippen LogP contribution is 2.21. The van der Waals surface area contributed by atoms with E-state index < -0.39 is 0 Å². The summed E-state index contributed by atoms with van der Waals surface area (Å²) in [5, 5.41) is 5.89. The number of nitrogens with one attached hydrogen (secondary N) is 2. The summed E-state index contributed by atoms with van der Waals surface area (Å²) >= 11 is 0. The van der Waals surface area contributed by atoms with Crippen molar-refractivity contribution in [3.63, 3.8) is 0 Å². The van der Waals surface area contributed by atoms with Crippen LogP contribution in [0.15, 0.2) is 24.3 Å². The summed E-state index contributed by atoms with van der Waals surface area (Å²) in [5.74, 6) is -0.251. The Bertz CT molecular complexity index is 402. The van der Waals surface area contributed by atoms with E-state index in [4.69, 9.17) is 0 Å². The van der Waals surface area contributed by atoms with Crippen molar-refractivity contribution >= 4 is 5.91 Å². The van der Waals surface area contributed by atoms with Gasteiger partial charge in [0.2, 0.25) is 5.91 Å². The minimum atomic E-state index is -0.298. The van der Waals surface area contributed by atoms with Crippen molar-refractivity contribution < 1.29 is 9.18 Å². The molecular weight excluding hydrogens is 207 g/mol. The second-order valence-corrected chi connectivity index (χ2v) is 4.48. The van der Waals surface area contributed by atoms with Gasteiger partial charge in [-0.3, -0.25) is 4.79 Å². The van der Waals surface area contributed by atoms with Crippen LogP contribution in [0.3, 0.4) is 0 Å². The fraction of sp³-hybridized carbons (Fsp3) is 0.417. The summed E-state index contributed by atoms with van der Waals surface area (Å²) in [5.41, 5.74) is 0.483. The van der Waals surface area contributed by atoms with Crippen molar-refractivity contribution in [1.29, 1.82) is 0 Å². The Hall–Kier alpha value is -1.42. The second-order valence-electron chi connectivity index (χ2n) is 4.48. The van der Waals surface area contributed by atoms with Crippen LogP contribution in [0.2, 0.25) is 0 Å². The first-order valence-corrected chi connectivity index (χ1v) is 5.34. The van der Waals surface area contributed by atoms with Crippen LogP contribution in [-0.2, 0) is 11.3 Å². The average molecular weight is 222 g/mol. The van der Waals surface area contributed by atoms with Crippen molar-refractivity contribution in [3.05, 3.63) is 35.6 Å². The van der Waals surface area contributed by atoms with E-state index in [0.29, 0.717) is 19.6 Å². The van der Waals surface area contributed by atoms with Crippen LogP contribution in [-0.4, -0.2) is 19.0 Å². The molecule has 1 amide bonds. The molecule has 16 heavy (non-hydrogen) atoms. The first kappa shape index (κ1) is 11.1. The van der Waals surface area contributed by atoms with Gasteiger partial charge in [0.15, 0.2) is 0 Å². The molecule has 1 fully saturated rings. The molecule has 0 radical (unpaired) electrons. The van der Waals surface area contributed by atoms with E-state index in [-0.39, 0.29) is 17.1 Å². The summed E-state index contributed by atoms with van der Waals surface area (Å²) < 4.78 is 12.9. The Morgan fingerprint density at radius 3 is 2.88 bits per heavy atom. The van der Waals surface area contributed by atoms with Gasteiger partial charge < -0.3 is 10.6 Å². The third-order valence-electron chi connectivity index (χ3n) is 2.92. The molecule has 4 heteroatoms. The van der Waals surface area contributed by atoms with Gasteiger partial charge in [-0.2, -0.15) is 0 Å². The van der Waals surface area contributed by atoms with Gasteiger partial charge in [-0.1, -0.05) is 12.1 Å². The molecule has 2 rings (SSSR count). The van der Waals surface area contributed by atoms with Gasteiger partial charge >= 0.3 is 0 Å². The van der Waals surface area contributed by atoms with E-state index in [1.807, 2.05) is 6.92 Å². The van der Waals surface area contributed by atoms with E-state index in [9.17, 15) is 9.18 Å². The third-order valence-corrected chi connectivity index (χ3v) is 2.92.